The number of carbonyl (C=O) groups excluding carboxylic acids is 1. The average Bonchev–Trinajstić information content (AvgIpc) is 2.66. The number of aliphatic imine (C=N–C) groups is 1. The molecule has 0 radical (unpaired) electrons. The summed E-state index contributed by atoms with van der Waals surface area (Å²) in [6, 6.07) is 7.88. The lowest BCUT2D eigenvalue weighted by Crippen LogP contribution is -2.48. The highest BCUT2D eigenvalue weighted by Crippen LogP contribution is 2.18. The van der Waals surface area contributed by atoms with Crippen molar-refractivity contribution in [1.29, 1.82) is 0 Å². The molecule has 1 atom stereocenters. The molecule has 1 aromatic carbocycles. The molecule has 0 aliphatic carbocycles. The summed E-state index contributed by atoms with van der Waals surface area (Å²) in [5.41, 5.74) is 0.566. The number of aliphatic hydroxyl groups is 1. The number of carbonyl (C=O) groups is 1. The molecule has 0 bridgehead atoms. The molecule has 1 heterocycles. The molecular formula is C18H17N3O4S. The van der Waals surface area contributed by atoms with Crippen LogP contribution in [0.2, 0.25) is 0 Å². The number of rotatable bonds is 8. The normalized spacial score (nSPS) is 12.4. The number of hydrogen-bond donors (Lipinski definition) is 1. The Kier molecular flexibility index (Phi) is 6.65. The fraction of sp³-hybridized carbons (Fsp3) is 0.167. The highest BCUT2D eigenvalue weighted by atomic mass is 32.1. The van der Waals surface area contributed by atoms with Gasteiger partial charge in [-0.15, -0.1) is 6.58 Å². The molecule has 8 heteroatoms. The smallest absolute Gasteiger partial charge is 0.270 e. The average molecular weight is 371 g/mol. The Morgan fingerprint density at radius 2 is 2.19 bits per heavy atom. The summed E-state index contributed by atoms with van der Waals surface area (Å²) in [6.07, 6.45) is 4.78. The second kappa shape index (κ2) is 8.93. The Labute approximate surface area is 155 Å². The lowest BCUT2D eigenvalue weighted by atomic mass is 10.0. The number of hydrogen-bond acceptors (Lipinski definition) is 6. The summed E-state index contributed by atoms with van der Waals surface area (Å²) in [5.74, 6) is -0.424. The molecule has 7 nitrogen and oxygen atoms in total. The van der Waals surface area contributed by atoms with Crippen LogP contribution in [0.1, 0.15) is 22.0 Å². The van der Waals surface area contributed by atoms with Crippen molar-refractivity contribution in [2.45, 2.75) is 12.6 Å². The molecule has 2 rings (SSSR count). The second-order valence-corrected chi connectivity index (χ2v) is 5.78. The number of pyridine rings is 1. The molecular weight excluding hydrogens is 354 g/mol. The van der Waals surface area contributed by atoms with Crippen molar-refractivity contribution in [3.05, 3.63) is 82.7 Å². The molecule has 0 amide bonds. The number of aromatic nitrogens is 1. The number of aliphatic hydroxyl groups excluding tert-OH is 1. The SMILES string of the molecule is C=CCN=C([S-])C(C(=O)c1cccc([N+](=O)[O-])c1)[n+]1cccc(CO)c1. The lowest BCUT2D eigenvalue weighted by molar-refractivity contribution is -0.692. The van der Waals surface area contributed by atoms with E-state index >= 15 is 0 Å². The van der Waals surface area contributed by atoms with Crippen molar-refractivity contribution >= 4 is 29.1 Å². The quantitative estimate of drug-likeness (QED) is 0.112. The van der Waals surface area contributed by atoms with E-state index in [0.717, 1.165) is 0 Å². The Morgan fingerprint density at radius 3 is 2.85 bits per heavy atom. The van der Waals surface area contributed by atoms with Crippen molar-refractivity contribution in [2.24, 2.45) is 4.99 Å². The summed E-state index contributed by atoms with van der Waals surface area (Å²) in [5, 5.41) is 20.4. The third-order valence-electron chi connectivity index (χ3n) is 3.56. The zero-order valence-electron chi connectivity index (χ0n) is 13.8. The van der Waals surface area contributed by atoms with E-state index in [1.54, 1.807) is 35.2 Å². The van der Waals surface area contributed by atoms with Crippen LogP contribution in [-0.4, -0.2) is 27.4 Å². The first-order valence-electron chi connectivity index (χ1n) is 7.69. The summed E-state index contributed by atoms with van der Waals surface area (Å²) in [4.78, 5) is 27.6. The number of nitro benzene ring substituents is 1. The van der Waals surface area contributed by atoms with Crippen LogP contribution in [0.5, 0.6) is 0 Å². The van der Waals surface area contributed by atoms with Crippen LogP contribution in [0.15, 0.2) is 66.4 Å². The van der Waals surface area contributed by atoms with E-state index in [9.17, 15) is 20.0 Å². The van der Waals surface area contributed by atoms with Gasteiger partial charge in [0.25, 0.3) is 5.69 Å². The highest BCUT2D eigenvalue weighted by Gasteiger charge is 2.29. The van der Waals surface area contributed by atoms with E-state index in [1.807, 2.05) is 0 Å². The predicted octanol–water partition coefficient (Wildman–Crippen LogP) is 1.93. The third-order valence-corrected chi connectivity index (χ3v) is 3.92. The molecule has 0 aliphatic heterocycles. The van der Waals surface area contributed by atoms with Crippen molar-refractivity contribution < 1.29 is 19.4 Å². The monoisotopic (exact) mass is 371 g/mol. The fourth-order valence-electron chi connectivity index (χ4n) is 2.34. The van der Waals surface area contributed by atoms with E-state index in [0.29, 0.717) is 5.56 Å². The molecule has 134 valence electrons. The Bertz CT molecular complexity index is 867. The number of non-ortho nitro benzene ring substituents is 1. The molecule has 1 N–H and O–H groups in total. The fourth-order valence-corrected chi connectivity index (χ4v) is 2.65. The number of nitrogens with zero attached hydrogens (tertiary/aromatic N) is 3. The minimum absolute atomic E-state index is 0.126. The van der Waals surface area contributed by atoms with Crippen molar-refractivity contribution in [3.8, 4) is 0 Å². The first-order chi connectivity index (χ1) is 12.5. The lowest BCUT2D eigenvalue weighted by Gasteiger charge is -2.18. The van der Waals surface area contributed by atoms with Gasteiger partial charge < -0.3 is 22.7 Å². The third kappa shape index (κ3) is 4.56. The van der Waals surface area contributed by atoms with Gasteiger partial charge in [0, 0.05) is 29.3 Å². The van der Waals surface area contributed by atoms with Gasteiger partial charge in [-0.25, -0.2) is 0 Å². The minimum Gasteiger partial charge on any atom is -0.758 e. The predicted molar refractivity (Wildman–Crippen MR) is 98.9 cm³/mol. The van der Waals surface area contributed by atoms with Gasteiger partial charge in [-0.3, -0.25) is 14.9 Å². The molecule has 1 unspecified atom stereocenters. The van der Waals surface area contributed by atoms with Crippen LogP contribution in [0.25, 0.3) is 0 Å². The van der Waals surface area contributed by atoms with Crippen LogP contribution in [-0.2, 0) is 19.2 Å². The largest absolute Gasteiger partial charge is 0.758 e. The number of benzene rings is 1. The van der Waals surface area contributed by atoms with Crippen LogP contribution in [0.3, 0.4) is 0 Å². The van der Waals surface area contributed by atoms with Gasteiger partial charge in [0.15, 0.2) is 12.4 Å². The number of nitro groups is 1. The van der Waals surface area contributed by atoms with Crippen LogP contribution in [0.4, 0.5) is 5.69 Å². The summed E-state index contributed by atoms with van der Waals surface area (Å²) in [6.45, 7) is 3.62. The topological polar surface area (TPSA) is 96.7 Å². The van der Waals surface area contributed by atoms with Gasteiger partial charge in [0.2, 0.25) is 11.8 Å². The Morgan fingerprint density at radius 1 is 1.42 bits per heavy atom. The zero-order chi connectivity index (χ0) is 19.1. The maximum absolute atomic E-state index is 13.0. The van der Waals surface area contributed by atoms with E-state index in [1.165, 1.54) is 24.3 Å². The van der Waals surface area contributed by atoms with Gasteiger partial charge in [0.1, 0.15) is 0 Å². The molecule has 0 fully saturated rings. The van der Waals surface area contributed by atoms with Crippen LogP contribution >= 0.6 is 0 Å². The standard InChI is InChI=1S/C18H17N3O4S/c1-2-8-19-18(26)16(20-9-4-5-13(11-20)12-22)17(23)14-6-3-7-15(10-14)21(24)25/h2-7,9-11,16,22H,1,8,12H2. The molecule has 2 aromatic rings. The molecule has 0 saturated heterocycles. The first kappa shape index (κ1) is 19.4. The van der Waals surface area contributed by atoms with Crippen molar-refractivity contribution in [2.75, 3.05) is 6.54 Å². The van der Waals surface area contributed by atoms with Crippen LogP contribution < -0.4 is 4.57 Å². The molecule has 1 aromatic heterocycles. The van der Waals surface area contributed by atoms with E-state index in [4.69, 9.17) is 12.6 Å². The Hall–Kier alpha value is -2.97. The molecule has 0 saturated carbocycles. The maximum atomic E-state index is 13.0. The van der Waals surface area contributed by atoms with Gasteiger partial charge in [-0.1, -0.05) is 18.2 Å². The van der Waals surface area contributed by atoms with Gasteiger partial charge in [-0.05, 0) is 11.1 Å². The summed E-state index contributed by atoms with van der Waals surface area (Å²) < 4.78 is 1.54. The zero-order valence-corrected chi connectivity index (χ0v) is 14.6. The van der Waals surface area contributed by atoms with Gasteiger partial charge >= 0.3 is 0 Å². The molecule has 26 heavy (non-hydrogen) atoms. The number of ketones is 1. The highest BCUT2D eigenvalue weighted by molar-refractivity contribution is 7.77. The van der Waals surface area contributed by atoms with Crippen LogP contribution in [0, 0.1) is 10.1 Å². The first-order valence-corrected chi connectivity index (χ1v) is 8.10. The number of Topliss-reactive ketones (excluding diaryl/α,β-unsaturated/α-hetero) is 1. The van der Waals surface area contributed by atoms with E-state index < -0.39 is 16.7 Å². The van der Waals surface area contributed by atoms with Gasteiger partial charge in [-0.2, -0.15) is 4.57 Å². The second-order valence-electron chi connectivity index (χ2n) is 5.36. The molecule has 0 spiro atoms. The van der Waals surface area contributed by atoms with Crippen molar-refractivity contribution in [3.63, 3.8) is 0 Å². The molecule has 0 aliphatic rings. The van der Waals surface area contributed by atoms with E-state index in [-0.39, 0.29) is 29.4 Å². The minimum atomic E-state index is -0.960. The Balaban J connectivity index is 2.52. The maximum Gasteiger partial charge on any atom is 0.270 e. The van der Waals surface area contributed by atoms with Gasteiger partial charge in [0.05, 0.1) is 18.1 Å². The van der Waals surface area contributed by atoms with Crippen molar-refractivity contribution in [1.82, 2.24) is 0 Å². The summed E-state index contributed by atoms with van der Waals surface area (Å²) in [7, 11) is 0. The summed E-state index contributed by atoms with van der Waals surface area (Å²) >= 11 is 5.31. The van der Waals surface area contributed by atoms with E-state index in [2.05, 4.69) is 11.6 Å².